The number of carbonyl (C=O) groups excluding carboxylic acids is 3. The lowest BCUT2D eigenvalue weighted by atomic mass is 9.61. The molecule has 0 amide bonds. The fourth-order valence-corrected chi connectivity index (χ4v) is 3.65. The molecule has 3 aliphatic rings. The van der Waals surface area contributed by atoms with E-state index in [1.165, 1.54) is 27.7 Å². The molecule has 3 heterocycles. The van der Waals surface area contributed by atoms with E-state index in [1.807, 2.05) is 0 Å². The molecule has 0 aromatic heterocycles. The number of piperidine rings is 1. The first-order valence-electron chi connectivity index (χ1n) is 7.79. The molecule has 3 rings (SSSR count). The molecule has 0 aromatic rings. The Morgan fingerprint density at radius 1 is 0.920 bits per heavy atom. The number of ether oxygens (including phenoxy) is 3. The normalized spacial score (nSPS) is 46.9. The summed E-state index contributed by atoms with van der Waals surface area (Å²) in [5.41, 5.74) is -7.66. The molecular weight excluding hydrogens is 338 g/mol. The van der Waals surface area contributed by atoms with E-state index in [2.05, 4.69) is 0 Å². The summed E-state index contributed by atoms with van der Waals surface area (Å²) in [4.78, 5) is 37.0. The third kappa shape index (κ3) is 2.02. The second-order valence-electron chi connectivity index (χ2n) is 7.71. The van der Waals surface area contributed by atoms with Crippen molar-refractivity contribution in [1.82, 2.24) is 5.06 Å². The number of hydrogen-bond donors (Lipinski definition) is 3. The number of nitrogens with zero attached hydrogens (tertiary/aromatic N) is 1. The van der Waals surface area contributed by atoms with Crippen molar-refractivity contribution in [1.29, 1.82) is 0 Å². The van der Waals surface area contributed by atoms with Gasteiger partial charge in [0.2, 0.25) is 0 Å². The van der Waals surface area contributed by atoms with Gasteiger partial charge < -0.3 is 29.6 Å². The molecule has 4 unspecified atom stereocenters. The molecule has 1 spiro atoms. The second kappa shape index (κ2) is 4.70. The van der Waals surface area contributed by atoms with Crippen LogP contribution in [-0.2, 0) is 28.6 Å². The smallest absolute Gasteiger partial charge is 0.342 e. The first kappa shape index (κ1) is 18.1. The van der Waals surface area contributed by atoms with Gasteiger partial charge in [-0.1, -0.05) is 13.8 Å². The number of hydroxylamine groups is 2. The van der Waals surface area contributed by atoms with Gasteiger partial charge in [0.05, 0.1) is 18.3 Å². The maximum absolute atomic E-state index is 12.5. The van der Waals surface area contributed by atoms with E-state index in [9.17, 15) is 29.8 Å². The van der Waals surface area contributed by atoms with Crippen molar-refractivity contribution >= 4 is 17.9 Å². The Balaban J connectivity index is 2.28. The van der Waals surface area contributed by atoms with Crippen LogP contribution in [0, 0.1) is 5.41 Å². The molecule has 140 valence electrons. The lowest BCUT2D eigenvalue weighted by molar-refractivity contribution is -0.432. The Bertz CT molecular complexity index is 674. The van der Waals surface area contributed by atoms with Crippen molar-refractivity contribution in [3.05, 3.63) is 0 Å². The third-order valence-electron chi connectivity index (χ3n) is 6.07. The van der Waals surface area contributed by atoms with E-state index in [0.29, 0.717) is 5.06 Å². The van der Waals surface area contributed by atoms with Crippen LogP contribution in [0.2, 0.25) is 0 Å². The third-order valence-corrected chi connectivity index (χ3v) is 6.07. The maximum atomic E-state index is 12.5. The molecule has 2 bridgehead atoms. The molecule has 3 fully saturated rings. The zero-order chi connectivity index (χ0) is 19.1. The van der Waals surface area contributed by atoms with Crippen LogP contribution < -0.4 is 0 Å². The highest BCUT2D eigenvalue weighted by Gasteiger charge is 2.77. The quantitative estimate of drug-likeness (QED) is 0.463. The minimum absolute atomic E-state index is 0.453. The van der Waals surface area contributed by atoms with E-state index >= 15 is 0 Å². The molecular formula is C15H21NO9. The minimum atomic E-state index is -2.41. The monoisotopic (exact) mass is 359 g/mol. The maximum Gasteiger partial charge on any atom is 0.342 e. The Kier molecular flexibility index (Phi) is 3.39. The highest BCUT2D eigenvalue weighted by Crippen LogP contribution is 2.57. The van der Waals surface area contributed by atoms with Gasteiger partial charge in [-0.2, -0.15) is 5.06 Å². The molecule has 4 atom stereocenters. The Hall–Kier alpha value is -1.75. The zero-order valence-corrected chi connectivity index (χ0v) is 14.4. The van der Waals surface area contributed by atoms with Crippen LogP contribution in [0.1, 0.15) is 40.5 Å². The van der Waals surface area contributed by atoms with Crippen molar-refractivity contribution in [3.8, 4) is 0 Å². The molecule has 25 heavy (non-hydrogen) atoms. The second-order valence-corrected chi connectivity index (χ2v) is 7.71. The number of rotatable bonds is 0. The summed E-state index contributed by atoms with van der Waals surface area (Å²) in [5, 5.41) is 31.9. The average molecular weight is 359 g/mol. The zero-order valence-electron chi connectivity index (χ0n) is 14.4. The molecule has 10 nitrogen and oxygen atoms in total. The molecule has 0 aliphatic carbocycles. The van der Waals surface area contributed by atoms with Gasteiger partial charge in [-0.15, -0.1) is 0 Å². The van der Waals surface area contributed by atoms with Gasteiger partial charge in [0, 0.05) is 0 Å². The van der Waals surface area contributed by atoms with Crippen molar-refractivity contribution in [3.63, 3.8) is 0 Å². The van der Waals surface area contributed by atoms with E-state index in [0.717, 1.165) is 0 Å². The molecule has 3 aliphatic heterocycles. The lowest BCUT2D eigenvalue weighted by Crippen LogP contribution is -2.81. The molecule has 0 saturated carbocycles. The minimum Gasteiger partial charge on any atom is -0.450 e. The van der Waals surface area contributed by atoms with Crippen LogP contribution in [0.3, 0.4) is 0 Å². The van der Waals surface area contributed by atoms with E-state index in [1.54, 1.807) is 0 Å². The van der Waals surface area contributed by atoms with Gasteiger partial charge in [-0.3, -0.25) is 9.59 Å². The summed E-state index contributed by atoms with van der Waals surface area (Å²) in [6.45, 7) is 4.88. The largest absolute Gasteiger partial charge is 0.450 e. The van der Waals surface area contributed by atoms with E-state index in [4.69, 9.17) is 14.2 Å². The van der Waals surface area contributed by atoms with Crippen molar-refractivity contribution in [2.24, 2.45) is 5.41 Å². The number of hydrogen-bond acceptors (Lipinski definition) is 10. The summed E-state index contributed by atoms with van der Waals surface area (Å²) in [5.74, 6) is -5.43. The van der Waals surface area contributed by atoms with Crippen LogP contribution in [0.15, 0.2) is 0 Å². The van der Waals surface area contributed by atoms with Gasteiger partial charge in [0.1, 0.15) is 12.3 Å². The van der Waals surface area contributed by atoms with Gasteiger partial charge in [0.15, 0.2) is 11.2 Å². The summed E-state index contributed by atoms with van der Waals surface area (Å²) in [6.07, 6.45) is -1.59. The Morgan fingerprint density at radius 2 is 1.44 bits per heavy atom. The van der Waals surface area contributed by atoms with Gasteiger partial charge in [-0.25, -0.2) is 4.79 Å². The van der Waals surface area contributed by atoms with Crippen molar-refractivity contribution in [2.45, 2.75) is 63.3 Å². The lowest BCUT2D eigenvalue weighted by Gasteiger charge is -2.62. The molecule has 0 aromatic carbocycles. The number of carbonyl (C=O) groups is 3. The van der Waals surface area contributed by atoms with E-state index in [-0.39, 0.29) is 0 Å². The topological polar surface area (TPSA) is 143 Å². The number of aliphatic hydroxyl groups is 2. The molecule has 0 radical (unpaired) electrons. The van der Waals surface area contributed by atoms with Crippen LogP contribution in [-0.4, -0.2) is 67.7 Å². The van der Waals surface area contributed by atoms with Crippen LogP contribution >= 0.6 is 0 Å². The van der Waals surface area contributed by atoms with Gasteiger partial charge >= 0.3 is 23.7 Å². The summed E-state index contributed by atoms with van der Waals surface area (Å²) in [7, 11) is 0. The first-order chi connectivity index (χ1) is 11.2. The van der Waals surface area contributed by atoms with Gasteiger partial charge in [0.25, 0.3) is 0 Å². The average Bonchev–Trinajstić information content (AvgIpc) is 2.49. The SMILES string of the molecule is CC1(O)N(O)CC23OC(=O)CC(O)(CC(=O)OC2(C)C1(C)C)C(=O)O3. The molecule has 3 N–H and O–H groups in total. The number of fused-ring (bicyclic) bond motifs is 2. The summed E-state index contributed by atoms with van der Waals surface area (Å²) < 4.78 is 16.1. The Labute approximate surface area is 143 Å². The highest BCUT2D eigenvalue weighted by atomic mass is 16.8. The van der Waals surface area contributed by atoms with Crippen molar-refractivity contribution in [2.75, 3.05) is 6.54 Å². The number of esters is 3. The highest BCUT2D eigenvalue weighted by molar-refractivity contribution is 5.92. The summed E-state index contributed by atoms with van der Waals surface area (Å²) >= 11 is 0. The molecule has 3 saturated heterocycles. The fourth-order valence-electron chi connectivity index (χ4n) is 3.65. The van der Waals surface area contributed by atoms with Crippen LogP contribution in [0.4, 0.5) is 0 Å². The van der Waals surface area contributed by atoms with E-state index < -0.39 is 65.4 Å². The predicted octanol–water partition coefficient (Wildman–Crippen LogP) is -0.951. The molecule has 10 heteroatoms. The van der Waals surface area contributed by atoms with Crippen LogP contribution in [0.5, 0.6) is 0 Å². The summed E-state index contributed by atoms with van der Waals surface area (Å²) in [6, 6.07) is 0. The van der Waals surface area contributed by atoms with Crippen molar-refractivity contribution < 1.29 is 44.0 Å². The predicted molar refractivity (Wildman–Crippen MR) is 76.5 cm³/mol. The standard InChI is InChI=1S/C15H21NO9/c1-11(2)12(3)15(7-16(22)13(11,4)20)24-9(18)6-14(21,10(19)25-15)5-8(17)23-12/h20-22H,5-7H2,1-4H3. The Morgan fingerprint density at radius 3 is 2.00 bits per heavy atom. The first-order valence-corrected chi connectivity index (χ1v) is 7.79. The van der Waals surface area contributed by atoms with Crippen LogP contribution in [0.25, 0.3) is 0 Å². The fraction of sp³-hybridized carbons (Fsp3) is 0.800. The van der Waals surface area contributed by atoms with Gasteiger partial charge in [-0.05, 0) is 13.8 Å².